The minimum Gasteiger partial charge on any atom is -0.368 e. The van der Waals surface area contributed by atoms with Crippen molar-refractivity contribution in [2.24, 2.45) is 5.41 Å². The molecule has 3 aliphatic rings. The van der Waals surface area contributed by atoms with Crippen molar-refractivity contribution in [1.29, 1.82) is 0 Å². The molecule has 1 aliphatic carbocycles. The van der Waals surface area contributed by atoms with Gasteiger partial charge in [0.05, 0.1) is 18.7 Å². The average Bonchev–Trinajstić information content (AvgIpc) is 3.49. The van der Waals surface area contributed by atoms with Crippen LogP contribution in [0.4, 0.5) is 13.2 Å². The molecule has 1 unspecified atom stereocenters. The topological polar surface area (TPSA) is 75.7 Å². The van der Waals surface area contributed by atoms with E-state index in [1.54, 1.807) is 42.5 Å². The van der Waals surface area contributed by atoms with Crippen molar-refractivity contribution in [2.45, 2.75) is 56.0 Å². The average molecular weight is 509 g/mol. The number of amides is 1. The predicted molar refractivity (Wildman–Crippen MR) is 124 cm³/mol. The lowest BCUT2D eigenvalue weighted by molar-refractivity contribution is -0.157. The maximum atomic E-state index is 15.7. The molecule has 1 amide bonds. The van der Waals surface area contributed by atoms with Crippen LogP contribution in [0.15, 0.2) is 48.5 Å². The van der Waals surface area contributed by atoms with Gasteiger partial charge < -0.3 is 9.64 Å². The molecule has 1 saturated carbocycles. The van der Waals surface area contributed by atoms with E-state index in [2.05, 4.69) is 4.72 Å². The van der Waals surface area contributed by atoms with E-state index in [-0.39, 0.29) is 24.4 Å². The molecule has 1 N–H and O–H groups in total. The van der Waals surface area contributed by atoms with Crippen LogP contribution in [0.3, 0.4) is 0 Å². The van der Waals surface area contributed by atoms with Crippen LogP contribution >= 0.6 is 0 Å². The molecule has 5 rings (SSSR count). The Bertz CT molecular complexity index is 1230. The molecule has 188 valence electrons. The molecule has 2 aromatic carbocycles. The Morgan fingerprint density at radius 3 is 2.43 bits per heavy atom. The van der Waals surface area contributed by atoms with Crippen molar-refractivity contribution in [3.8, 4) is 11.1 Å². The minimum absolute atomic E-state index is 0.0187. The first-order valence-electron chi connectivity index (χ1n) is 11.7. The zero-order valence-electron chi connectivity index (χ0n) is 19.2. The fourth-order valence-electron chi connectivity index (χ4n) is 5.13. The van der Waals surface area contributed by atoms with Crippen LogP contribution in [-0.2, 0) is 26.0 Å². The van der Waals surface area contributed by atoms with Crippen LogP contribution in [0.1, 0.15) is 31.7 Å². The molecule has 1 spiro atoms. The fourth-order valence-corrected chi connectivity index (χ4v) is 6.08. The lowest BCUT2D eigenvalue weighted by Gasteiger charge is -2.34. The van der Waals surface area contributed by atoms with E-state index < -0.39 is 44.7 Å². The van der Waals surface area contributed by atoms with E-state index >= 15 is 4.39 Å². The number of likely N-dealkylation sites (tertiary alicyclic amines) is 1. The standard InChI is InChI=1S/C25H27F3N2O4S/c1-24(27,28)35(32,33)29-22-19(30(15-25(22)11-12-25)23(31)20-10-13-34-20)14-17-8-5-9-18(21(17)26)16-6-3-2-4-7-16/h2-9,19-20,22,29H,10-15H2,1H3/t19-,20?,22+/m0/s1. The number of carbonyl (C=O) groups is 1. The number of nitrogens with zero attached hydrogens (tertiary/aromatic N) is 1. The van der Waals surface area contributed by atoms with Crippen molar-refractivity contribution in [3.63, 3.8) is 0 Å². The van der Waals surface area contributed by atoms with Crippen LogP contribution in [0, 0.1) is 11.2 Å². The van der Waals surface area contributed by atoms with Gasteiger partial charge in [0.1, 0.15) is 11.9 Å². The van der Waals surface area contributed by atoms with E-state index in [0.29, 0.717) is 43.9 Å². The number of hydrogen-bond donors (Lipinski definition) is 1. The van der Waals surface area contributed by atoms with Gasteiger partial charge in [-0.25, -0.2) is 17.5 Å². The molecule has 0 radical (unpaired) electrons. The summed E-state index contributed by atoms with van der Waals surface area (Å²) in [6.07, 6.45) is 1.06. The first-order chi connectivity index (χ1) is 16.5. The molecule has 0 aromatic heterocycles. The predicted octanol–water partition coefficient (Wildman–Crippen LogP) is 3.72. The smallest absolute Gasteiger partial charge is 0.356 e. The molecule has 2 aliphatic heterocycles. The summed E-state index contributed by atoms with van der Waals surface area (Å²) in [6, 6.07) is 12.1. The van der Waals surface area contributed by atoms with Gasteiger partial charge >= 0.3 is 5.25 Å². The number of halogens is 3. The number of ether oxygens (including phenoxy) is 1. The Morgan fingerprint density at radius 2 is 1.86 bits per heavy atom. The first kappa shape index (κ1) is 24.3. The van der Waals surface area contributed by atoms with Crippen LogP contribution in [-0.4, -0.2) is 55.8 Å². The Labute approximate surface area is 202 Å². The van der Waals surface area contributed by atoms with Gasteiger partial charge in [-0.2, -0.15) is 8.78 Å². The normalized spacial score (nSPS) is 25.5. The maximum absolute atomic E-state index is 15.7. The monoisotopic (exact) mass is 508 g/mol. The number of benzene rings is 2. The van der Waals surface area contributed by atoms with Gasteiger partial charge in [-0.3, -0.25) is 4.79 Å². The molecular formula is C25H27F3N2O4S. The number of alkyl halides is 2. The third kappa shape index (κ3) is 4.36. The van der Waals surface area contributed by atoms with E-state index in [9.17, 15) is 22.0 Å². The summed E-state index contributed by atoms with van der Waals surface area (Å²) in [5.74, 6) is -0.790. The Morgan fingerprint density at radius 1 is 1.17 bits per heavy atom. The summed E-state index contributed by atoms with van der Waals surface area (Å²) < 4.78 is 75.9. The highest BCUT2D eigenvalue weighted by atomic mass is 32.2. The molecule has 6 nitrogen and oxygen atoms in total. The quantitative estimate of drug-likeness (QED) is 0.619. The summed E-state index contributed by atoms with van der Waals surface area (Å²) in [7, 11) is -5.01. The molecule has 2 saturated heterocycles. The number of sulfonamides is 1. The number of hydrogen-bond acceptors (Lipinski definition) is 4. The molecule has 35 heavy (non-hydrogen) atoms. The summed E-state index contributed by atoms with van der Waals surface area (Å²) in [5.41, 5.74) is 0.694. The van der Waals surface area contributed by atoms with Gasteiger partial charge in [0.2, 0.25) is 0 Å². The third-order valence-corrected chi connectivity index (χ3v) is 8.93. The highest BCUT2D eigenvalue weighted by Crippen LogP contribution is 2.56. The van der Waals surface area contributed by atoms with Gasteiger partial charge in [0, 0.05) is 30.9 Å². The zero-order chi connectivity index (χ0) is 25.0. The van der Waals surface area contributed by atoms with Crippen LogP contribution in [0.25, 0.3) is 11.1 Å². The fraction of sp³-hybridized carbons (Fsp3) is 0.480. The van der Waals surface area contributed by atoms with Gasteiger partial charge in [-0.15, -0.1) is 0 Å². The van der Waals surface area contributed by atoms with E-state index in [0.717, 1.165) is 0 Å². The summed E-state index contributed by atoms with van der Waals surface area (Å²) in [4.78, 5) is 14.7. The molecule has 3 atom stereocenters. The van der Waals surface area contributed by atoms with Crippen molar-refractivity contribution in [2.75, 3.05) is 13.2 Å². The Balaban J connectivity index is 1.52. The second kappa shape index (κ2) is 8.60. The second-order valence-corrected chi connectivity index (χ2v) is 11.8. The van der Waals surface area contributed by atoms with E-state index in [4.69, 9.17) is 4.74 Å². The molecule has 10 heteroatoms. The summed E-state index contributed by atoms with van der Waals surface area (Å²) >= 11 is 0. The van der Waals surface area contributed by atoms with Crippen molar-refractivity contribution in [3.05, 3.63) is 59.9 Å². The molecule has 2 heterocycles. The maximum Gasteiger partial charge on any atom is 0.356 e. The van der Waals surface area contributed by atoms with Crippen molar-refractivity contribution in [1.82, 2.24) is 9.62 Å². The van der Waals surface area contributed by atoms with Gasteiger partial charge in [0.15, 0.2) is 0 Å². The lowest BCUT2D eigenvalue weighted by atomic mass is 9.91. The Hall–Kier alpha value is -2.43. The van der Waals surface area contributed by atoms with E-state index in [1.807, 2.05) is 6.07 Å². The zero-order valence-corrected chi connectivity index (χ0v) is 20.0. The van der Waals surface area contributed by atoms with Gasteiger partial charge in [-0.1, -0.05) is 48.5 Å². The summed E-state index contributed by atoms with van der Waals surface area (Å²) in [6.45, 7) is 0.998. The highest BCUT2D eigenvalue weighted by Gasteiger charge is 2.63. The van der Waals surface area contributed by atoms with Crippen LogP contribution < -0.4 is 4.72 Å². The molecule has 3 fully saturated rings. The second-order valence-electron chi connectivity index (χ2n) is 9.80. The Kier molecular flexibility index (Phi) is 5.96. The molecular weight excluding hydrogens is 481 g/mol. The van der Waals surface area contributed by atoms with Crippen LogP contribution in [0.2, 0.25) is 0 Å². The number of nitrogens with one attached hydrogen (secondary N) is 1. The van der Waals surface area contributed by atoms with Crippen molar-refractivity contribution >= 4 is 15.9 Å². The third-order valence-electron chi connectivity index (χ3n) is 7.43. The highest BCUT2D eigenvalue weighted by molar-refractivity contribution is 7.90. The van der Waals surface area contributed by atoms with Crippen molar-refractivity contribution < 1.29 is 31.1 Å². The molecule has 2 aromatic rings. The number of carbonyl (C=O) groups excluding carboxylic acids is 1. The first-order valence-corrected chi connectivity index (χ1v) is 13.2. The van der Waals surface area contributed by atoms with Crippen LogP contribution in [0.5, 0.6) is 0 Å². The lowest BCUT2D eigenvalue weighted by Crippen LogP contribution is -2.54. The SMILES string of the molecule is CC(F)(F)S(=O)(=O)N[C@@H]1[C@H](Cc2cccc(-c3ccccc3)c2F)N(C(=O)C2CCO2)CC12CC2. The minimum atomic E-state index is -5.01. The summed E-state index contributed by atoms with van der Waals surface area (Å²) in [5, 5.41) is -4.00. The molecule has 0 bridgehead atoms. The number of rotatable bonds is 7. The van der Waals surface area contributed by atoms with Gasteiger partial charge in [-0.05, 0) is 30.4 Å². The van der Waals surface area contributed by atoms with E-state index in [1.165, 1.54) is 4.90 Å². The largest absolute Gasteiger partial charge is 0.368 e. The van der Waals surface area contributed by atoms with Gasteiger partial charge in [0.25, 0.3) is 15.9 Å².